The van der Waals surface area contributed by atoms with Gasteiger partial charge >= 0.3 is 0 Å². The Morgan fingerprint density at radius 2 is 1.56 bits per heavy atom. The van der Waals surface area contributed by atoms with E-state index in [1.54, 1.807) is 0 Å². The highest BCUT2D eigenvalue weighted by molar-refractivity contribution is 4.84. The smallest absolute Gasteiger partial charge is 0.0112 e. The Bertz CT molecular complexity index is 60.4. The summed E-state index contributed by atoms with van der Waals surface area (Å²) in [5.74, 6) is 0. The molecule has 0 aromatic carbocycles. The highest BCUT2D eigenvalue weighted by Crippen LogP contribution is 2.29. The van der Waals surface area contributed by atoms with Crippen LogP contribution in [0.3, 0.4) is 0 Å². The van der Waals surface area contributed by atoms with Crippen LogP contribution in [0.15, 0.2) is 0 Å². The molecular weight excluding hydrogens is 108 g/mol. The molecule has 0 heteroatoms. The third-order valence-corrected chi connectivity index (χ3v) is 2.16. The first-order valence-electron chi connectivity index (χ1n) is 3.93. The highest BCUT2D eigenvalue weighted by Gasteiger charge is 2.17. The second-order valence-electron chi connectivity index (χ2n) is 2.80. The fourth-order valence-electron chi connectivity index (χ4n) is 0.927. The minimum atomic E-state index is 0.384. The molecule has 0 nitrogen and oxygen atoms in total. The lowest BCUT2D eigenvalue weighted by molar-refractivity contribution is 0.351. The van der Waals surface area contributed by atoms with E-state index < -0.39 is 0 Å². The van der Waals surface area contributed by atoms with Crippen molar-refractivity contribution in [3.05, 3.63) is 6.42 Å². The summed E-state index contributed by atoms with van der Waals surface area (Å²) < 4.78 is 0. The van der Waals surface area contributed by atoms with Gasteiger partial charge in [0.25, 0.3) is 0 Å². The SMILES string of the molecule is CC[C]C(C)(CC)CC. The van der Waals surface area contributed by atoms with E-state index in [0.717, 1.165) is 6.42 Å². The predicted molar refractivity (Wildman–Crippen MR) is 42.2 cm³/mol. The van der Waals surface area contributed by atoms with E-state index in [9.17, 15) is 0 Å². The molecule has 2 radical (unpaired) electrons. The maximum absolute atomic E-state index is 3.46. The van der Waals surface area contributed by atoms with Gasteiger partial charge in [0.1, 0.15) is 0 Å². The van der Waals surface area contributed by atoms with Crippen molar-refractivity contribution in [3.8, 4) is 0 Å². The summed E-state index contributed by atoms with van der Waals surface area (Å²) in [4.78, 5) is 0. The van der Waals surface area contributed by atoms with Gasteiger partial charge < -0.3 is 0 Å². The number of rotatable bonds is 4. The van der Waals surface area contributed by atoms with Gasteiger partial charge in [0.15, 0.2) is 0 Å². The lowest BCUT2D eigenvalue weighted by atomic mass is 9.81. The van der Waals surface area contributed by atoms with Gasteiger partial charge in [-0.1, -0.05) is 40.5 Å². The molecule has 0 heterocycles. The Labute approximate surface area is 59.7 Å². The minimum absolute atomic E-state index is 0.384. The van der Waals surface area contributed by atoms with Gasteiger partial charge in [-0.3, -0.25) is 0 Å². The molecule has 0 spiro atoms. The van der Waals surface area contributed by atoms with Crippen molar-refractivity contribution in [1.82, 2.24) is 0 Å². The van der Waals surface area contributed by atoms with Gasteiger partial charge in [-0.25, -0.2) is 0 Å². The normalized spacial score (nSPS) is 12.0. The first-order chi connectivity index (χ1) is 4.18. The van der Waals surface area contributed by atoms with Gasteiger partial charge in [0.05, 0.1) is 0 Å². The quantitative estimate of drug-likeness (QED) is 0.542. The van der Waals surface area contributed by atoms with E-state index in [2.05, 4.69) is 34.1 Å². The van der Waals surface area contributed by atoms with E-state index in [0.29, 0.717) is 5.41 Å². The largest absolute Gasteiger partial charge is 0.0648 e. The molecule has 0 aliphatic rings. The van der Waals surface area contributed by atoms with Crippen LogP contribution in [0.25, 0.3) is 0 Å². The van der Waals surface area contributed by atoms with Crippen molar-refractivity contribution < 1.29 is 0 Å². The van der Waals surface area contributed by atoms with Crippen LogP contribution in [0.4, 0.5) is 0 Å². The van der Waals surface area contributed by atoms with Crippen LogP contribution in [0.1, 0.15) is 47.0 Å². The second kappa shape index (κ2) is 3.92. The van der Waals surface area contributed by atoms with Crippen LogP contribution in [0, 0.1) is 11.8 Å². The van der Waals surface area contributed by atoms with Crippen LogP contribution in [-0.2, 0) is 0 Å². The fraction of sp³-hybridized carbons (Fsp3) is 0.889. The van der Waals surface area contributed by atoms with E-state index >= 15 is 0 Å². The summed E-state index contributed by atoms with van der Waals surface area (Å²) in [6.07, 6.45) is 6.98. The maximum Gasteiger partial charge on any atom is -0.0112 e. The molecule has 0 amide bonds. The molecule has 0 saturated heterocycles. The highest BCUT2D eigenvalue weighted by atomic mass is 14.2. The summed E-state index contributed by atoms with van der Waals surface area (Å²) >= 11 is 0. The molecule has 0 N–H and O–H groups in total. The lowest BCUT2D eigenvalue weighted by Crippen LogP contribution is -2.13. The monoisotopic (exact) mass is 126 g/mol. The molecule has 0 aliphatic carbocycles. The third kappa shape index (κ3) is 2.88. The van der Waals surface area contributed by atoms with Crippen molar-refractivity contribution in [2.24, 2.45) is 5.41 Å². The average Bonchev–Trinajstić information content (AvgIpc) is 1.89. The van der Waals surface area contributed by atoms with Crippen molar-refractivity contribution in [2.75, 3.05) is 0 Å². The molecule has 9 heavy (non-hydrogen) atoms. The van der Waals surface area contributed by atoms with E-state index in [1.807, 2.05) is 0 Å². The van der Waals surface area contributed by atoms with Crippen molar-refractivity contribution in [1.29, 1.82) is 0 Å². The molecule has 0 saturated carbocycles. The Morgan fingerprint density at radius 1 is 1.11 bits per heavy atom. The second-order valence-corrected chi connectivity index (χ2v) is 2.80. The van der Waals surface area contributed by atoms with E-state index in [-0.39, 0.29) is 0 Å². The molecular formula is C9H18. The molecule has 0 atom stereocenters. The van der Waals surface area contributed by atoms with Crippen LogP contribution >= 0.6 is 0 Å². The zero-order valence-corrected chi connectivity index (χ0v) is 7.12. The van der Waals surface area contributed by atoms with E-state index in [4.69, 9.17) is 0 Å². The zero-order valence-electron chi connectivity index (χ0n) is 7.12. The summed E-state index contributed by atoms with van der Waals surface area (Å²) in [5, 5.41) is 0. The van der Waals surface area contributed by atoms with Gasteiger partial charge in [-0.05, 0) is 18.3 Å². The van der Waals surface area contributed by atoms with Crippen LogP contribution < -0.4 is 0 Å². The standard InChI is InChI=1S/C9H18/c1-5-8-9(4,6-2)7-3/h5-7H2,1-4H3. The number of hydrogen-bond acceptors (Lipinski definition) is 0. The minimum Gasteiger partial charge on any atom is -0.0648 e. The summed E-state index contributed by atoms with van der Waals surface area (Å²) in [7, 11) is 0. The Morgan fingerprint density at radius 3 is 1.67 bits per heavy atom. The molecule has 0 aromatic heterocycles. The molecule has 0 fully saturated rings. The van der Waals surface area contributed by atoms with Crippen molar-refractivity contribution in [2.45, 2.75) is 47.0 Å². The average molecular weight is 126 g/mol. The van der Waals surface area contributed by atoms with Crippen LogP contribution in [0.2, 0.25) is 0 Å². The molecule has 0 bridgehead atoms. The summed E-state index contributed by atoms with van der Waals surface area (Å²) in [6, 6.07) is 0. The Balaban J connectivity index is 3.62. The molecule has 0 aliphatic heterocycles. The van der Waals surface area contributed by atoms with Crippen molar-refractivity contribution >= 4 is 0 Å². The molecule has 0 rings (SSSR count). The van der Waals surface area contributed by atoms with Crippen LogP contribution in [-0.4, -0.2) is 0 Å². The lowest BCUT2D eigenvalue weighted by Gasteiger charge is -2.24. The third-order valence-electron chi connectivity index (χ3n) is 2.16. The van der Waals surface area contributed by atoms with Crippen molar-refractivity contribution in [3.63, 3.8) is 0 Å². The van der Waals surface area contributed by atoms with E-state index in [1.165, 1.54) is 12.8 Å². The first kappa shape index (κ1) is 9.00. The molecule has 0 aromatic rings. The Kier molecular flexibility index (Phi) is 3.92. The zero-order chi connectivity index (χ0) is 7.33. The predicted octanol–water partition coefficient (Wildman–Crippen LogP) is 3.30. The fourth-order valence-corrected chi connectivity index (χ4v) is 0.927. The topological polar surface area (TPSA) is 0 Å². The maximum atomic E-state index is 3.46. The molecule has 0 unspecified atom stereocenters. The van der Waals surface area contributed by atoms with Gasteiger partial charge in [-0.15, -0.1) is 0 Å². The van der Waals surface area contributed by atoms with Gasteiger partial charge in [-0.2, -0.15) is 0 Å². The van der Waals surface area contributed by atoms with Gasteiger partial charge in [0, 0.05) is 0 Å². The Hall–Kier alpha value is 0. The summed E-state index contributed by atoms with van der Waals surface area (Å²) in [5.41, 5.74) is 0.384. The summed E-state index contributed by atoms with van der Waals surface area (Å²) in [6.45, 7) is 8.89. The number of hydrogen-bond donors (Lipinski definition) is 0. The van der Waals surface area contributed by atoms with Crippen LogP contribution in [0.5, 0.6) is 0 Å². The molecule has 54 valence electrons. The first-order valence-corrected chi connectivity index (χ1v) is 3.93. The van der Waals surface area contributed by atoms with Gasteiger partial charge in [0.2, 0.25) is 0 Å².